The van der Waals surface area contributed by atoms with E-state index in [9.17, 15) is 9.59 Å². The Morgan fingerprint density at radius 2 is 1.88 bits per heavy atom. The number of likely N-dealkylation sites (tertiary alicyclic amines) is 1. The summed E-state index contributed by atoms with van der Waals surface area (Å²) >= 11 is 0. The summed E-state index contributed by atoms with van der Waals surface area (Å²) in [6.07, 6.45) is 1.47. The Labute approximate surface area is 160 Å². The van der Waals surface area contributed by atoms with Crippen LogP contribution in [0.3, 0.4) is 0 Å². The second-order valence-electron chi connectivity index (χ2n) is 5.30. The quantitative estimate of drug-likeness (QED) is 0.187. The zero-order valence-electron chi connectivity index (χ0n) is 14.7. The number of carbonyl (C=O) groups is 2. The molecule has 0 bridgehead atoms. The minimum atomic E-state index is -0.149. The van der Waals surface area contributed by atoms with E-state index in [-0.39, 0.29) is 48.3 Å². The lowest BCUT2D eigenvalue weighted by Crippen LogP contribution is -2.47. The van der Waals surface area contributed by atoms with Crippen LogP contribution in [-0.2, 0) is 19.1 Å². The first kappa shape index (κ1) is 22.9. The standard InChI is InChI=1S/C15H28N4O4.HI/c1-4-16-15(18-11-13(20)17-7-10-22-2)19-8-5-12(6-9-19)14(21)23-3;/h12H,4-11H2,1-3H3,(H,16,18)(H,17,20);1H. The molecule has 0 unspecified atom stereocenters. The summed E-state index contributed by atoms with van der Waals surface area (Å²) in [4.78, 5) is 29.7. The zero-order valence-corrected chi connectivity index (χ0v) is 17.0. The van der Waals surface area contributed by atoms with Crippen molar-refractivity contribution in [2.24, 2.45) is 10.9 Å². The van der Waals surface area contributed by atoms with Gasteiger partial charge < -0.3 is 25.0 Å². The van der Waals surface area contributed by atoms with Crippen LogP contribution in [0.5, 0.6) is 0 Å². The van der Waals surface area contributed by atoms with Gasteiger partial charge in [-0.05, 0) is 19.8 Å². The van der Waals surface area contributed by atoms with E-state index in [1.165, 1.54) is 7.11 Å². The lowest BCUT2D eigenvalue weighted by Gasteiger charge is -2.33. The van der Waals surface area contributed by atoms with Crippen molar-refractivity contribution in [3.63, 3.8) is 0 Å². The lowest BCUT2D eigenvalue weighted by molar-refractivity contribution is -0.146. The van der Waals surface area contributed by atoms with Gasteiger partial charge in [0.15, 0.2) is 5.96 Å². The van der Waals surface area contributed by atoms with Gasteiger partial charge in [-0.15, -0.1) is 24.0 Å². The Bertz CT molecular complexity index is 412. The number of esters is 1. The summed E-state index contributed by atoms with van der Waals surface area (Å²) in [6, 6.07) is 0. The Balaban J connectivity index is 0.00000529. The van der Waals surface area contributed by atoms with E-state index >= 15 is 0 Å². The van der Waals surface area contributed by atoms with Crippen molar-refractivity contribution >= 4 is 41.8 Å². The summed E-state index contributed by atoms with van der Waals surface area (Å²) in [5.74, 6) is 0.375. The van der Waals surface area contributed by atoms with Gasteiger partial charge in [0.2, 0.25) is 5.91 Å². The molecule has 1 saturated heterocycles. The fraction of sp³-hybridized carbons (Fsp3) is 0.800. The van der Waals surface area contributed by atoms with Crippen LogP contribution in [0.4, 0.5) is 0 Å². The van der Waals surface area contributed by atoms with Crippen molar-refractivity contribution in [2.75, 3.05) is 53.6 Å². The number of hydrogen-bond donors (Lipinski definition) is 2. The molecule has 24 heavy (non-hydrogen) atoms. The summed E-state index contributed by atoms with van der Waals surface area (Å²) < 4.78 is 9.67. The van der Waals surface area contributed by atoms with Gasteiger partial charge in [0.25, 0.3) is 0 Å². The average Bonchev–Trinajstić information content (AvgIpc) is 2.58. The van der Waals surface area contributed by atoms with Crippen LogP contribution < -0.4 is 10.6 Å². The molecule has 8 nitrogen and oxygen atoms in total. The minimum absolute atomic E-state index is 0. The molecule has 1 amide bonds. The van der Waals surface area contributed by atoms with E-state index in [1.54, 1.807) is 7.11 Å². The summed E-state index contributed by atoms with van der Waals surface area (Å²) in [5, 5.41) is 5.92. The molecule has 1 rings (SSSR count). The maximum absolute atomic E-state index is 11.7. The molecular weight excluding hydrogens is 427 g/mol. The van der Waals surface area contributed by atoms with Crippen molar-refractivity contribution < 1.29 is 19.1 Å². The maximum Gasteiger partial charge on any atom is 0.308 e. The van der Waals surface area contributed by atoms with Crippen LogP contribution in [0.2, 0.25) is 0 Å². The van der Waals surface area contributed by atoms with Gasteiger partial charge in [-0.25, -0.2) is 4.99 Å². The number of rotatable bonds is 7. The smallest absolute Gasteiger partial charge is 0.308 e. The predicted octanol–water partition coefficient (Wildman–Crippen LogP) is 0.218. The molecule has 0 spiro atoms. The number of nitrogens with zero attached hydrogens (tertiary/aromatic N) is 2. The largest absolute Gasteiger partial charge is 0.469 e. The SMILES string of the molecule is CCNC(=NCC(=O)NCCOC)N1CCC(C(=O)OC)CC1.I. The summed E-state index contributed by atoms with van der Waals surface area (Å²) in [7, 11) is 3.01. The number of nitrogens with one attached hydrogen (secondary N) is 2. The van der Waals surface area contributed by atoms with Crippen molar-refractivity contribution in [1.82, 2.24) is 15.5 Å². The fourth-order valence-electron chi connectivity index (χ4n) is 2.41. The summed E-state index contributed by atoms with van der Waals surface area (Å²) in [6.45, 7) is 5.18. The van der Waals surface area contributed by atoms with E-state index in [4.69, 9.17) is 9.47 Å². The third-order valence-electron chi connectivity index (χ3n) is 3.66. The summed E-state index contributed by atoms with van der Waals surface area (Å²) in [5.41, 5.74) is 0. The molecule has 140 valence electrons. The molecule has 1 aliphatic rings. The maximum atomic E-state index is 11.7. The van der Waals surface area contributed by atoms with E-state index < -0.39 is 0 Å². The molecule has 0 aromatic carbocycles. The predicted molar refractivity (Wildman–Crippen MR) is 103 cm³/mol. The Hall–Kier alpha value is -1.10. The third-order valence-corrected chi connectivity index (χ3v) is 3.66. The van der Waals surface area contributed by atoms with Crippen LogP contribution in [0, 0.1) is 5.92 Å². The number of piperidine rings is 1. The molecule has 2 N–H and O–H groups in total. The molecular formula is C15H29IN4O4. The molecule has 1 aliphatic heterocycles. The Morgan fingerprint density at radius 3 is 2.42 bits per heavy atom. The van der Waals surface area contributed by atoms with E-state index in [0.717, 1.165) is 32.5 Å². The van der Waals surface area contributed by atoms with Crippen LogP contribution in [0.25, 0.3) is 0 Å². The number of methoxy groups -OCH3 is 2. The highest BCUT2D eigenvalue weighted by Crippen LogP contribution is 2.18. The monoisotopic (exact) mass is 456 g/mol. The first-order chi connectivity index (χ1) is 11.1. The number of halogens is 1. The van der Waals surface area contributed by atoms with Crippen molar-refractivity contribution in [2.45, 2.75) is 19.8 Å². The Kier molecular flexibility index (Phi) is 12.6. The third kappa shape index (κ3) is 8.13. The van der Waals surface area contributed by atoms with Gasteiger partial charge in [0.1, 0.15) is 6.54 Å². The van der Waals surface area contributed by atoms with Crippen LogP contribution >= 0.6 is 24.0 Å². The van der Waals surface area contributed by atoms with Gasteiger partial charge in [-0.2, -0.15) is 0 Å². The van der Waals surface area contributed by atoms with E-state index in [1.807, 2.05) is 6.92 Å². The first-order valence-corrected chi connectivity index (χ1v) is 7.99. The van der Waals surface area contributed by atoms with Gasteiger partial charge in [0, 0.05) is 33.3 Å². The van der Waals surface area contributed by atoms with Crippen molar-refractivity contribution in [3.05, 3.63) is 0 Å². The van der Waals surface area contributed by atoms with Crippen molar-refractivity contribution in [1.29, 1.82) is 0 Å². The molecule has 1 fully saturated rings. The average molecular weight is 456 g/mol. The molecule has 1 heterocycles. The molecule has 0 atom stereocenters. The number of carbonyl (C=O) groups excluding carboxylic acids is 2. The second kappa shape index (κ2) is 13.2. The molecule has 0 aliphatic carbocycles. The van der Waals surface area contributed by atoms with Gasteiger partial charge in [-0.1, -0.05) is 0 Å². The van der Waals surface area contributed by atoms with Gasteiger partial charge in [-0.3, -0.25) is 9.59 Å². The highest BCUT2D eigenvalue weighted by Gasteiger charge is 2.26. The topological polar surface area (TPSA) is 92.3 Å². The normalized spacial score (nSPS) is 15.5. The van der Waals surface area contributed by atoms with Gasteiger partial charge in [0.05, 0.1) is 19.6 Å². The lowest BCUT2D eigenvalue weighted by atomic mass is 9.97. The molecule has 0 aromatic heterocycles. The number of guanidine groups is 1. The highest BCUT2D eigenvalue weighted by molar-refractivity contribution is 14.0. The van der Waals surface area contributed by atoms with E-state index in [2.05, 4.69) is 20.5 Å². The van der Waals surface area contributed by atoms with Crippen LogP contribution in [0.15, 0.2) is 4.99 Å². The van der Waals surface area contributed by atoms with Crippen LogP contribution in [0.1, 0.15) is 19.8 Å². The minimum Gasteiger partial charge on any atom is -0.469 e. The zero-order chi connectivity index (χ0) is 17.1. The highest BCUT2D eigenvalue weighted by atomic mass is 127. The number of aliphatic imine (C=N–C) groups is 1. The molecule has 9 heteroatoms. The fourth-order valence-corrected chi connectivity index (χ4v) is 2.41. The molecule has 0 aromatic rings. The number of amides is 1. The van der Waals surface area contributed by atoms with Gasteiger partial charge >= 0.3 is 5.97 Å². The van der Waals surface area contributed by atoms with Crippen LogP contribution in [-0.4, -0.2) is 76.3 Å². The second-order valence-corrected chi connectivity index (χ2v) is 5.30. The van der Waals surface area contributed by atoms with E-state index in [0.29, 0.717) is 19.1 Å². The first-order valence-electron chi connectivity index (χ1n) is 7.99. The number of hydrogen-bond acceptors (Lipinski definition) is 5. The Morgan fingerprint density at radius 1 is 1.21 bits per heavy atom. The molecule has 0 radical (unpaired) electrons. The molecule has 0 saturated carbocycles. The van der Waals surface area contributed by atoms with Crippen molar-refractivity contribution in [3.8, 4) is 0 Å². The number of ether oxygens (including phenoxy) is 2.